The fraction of sp³-hybridized carbons (Fsp3) is 0.217. The van der Waals surface area contributed by atoms with Crippen molar-refractivity contribution in [3.05, 3.63) is 93.0 Å². The standard InChI is InChI=1S/C23H21Cl2F2NO2/c1-29-22-11-15(13-28-9-8-16-4-2-3-5-21(16)27)10-20(25)23(22)30-14-17-6-7-18(26)12-19(17)24/h2-7,10-12,28H,8-9,13-14H2,1H3. The third-order valence-electron chi connectivity index (χ3n) is 4.53. The number of benzene rings is 3. The summed E-state index contributed by atoms with van der Waals surface area (Å²) in [6, 6.07) is 14.4. The van der Waals surface area contributed by atoms with E-state index in [4.69, 9.17) is 32.7 Å². The second-order valence-corrected chi connectivity index (χ2v) is 7.47. The highest BCUT2D eigenvalue weighted by Crippen LogP contribution is 2.37. The molecule has 0 saturated carbocycles. The largest absolute Gasteiger partial charge is 0.493 e. The molecule has 7 heteroatoms. The molecule has 0 spiro atoms. The van der Waals surface area contributed by atoms with E-state index in [1.165, 1.54) is 25.3 Å². The van der Waals surface area contributed by atoms with Gasteiger partial charge >= 0.3 is 0 Å². The van der Waals surface area contributed by atoms with Crippen LogP contribution >= 0.6 is 23.2 Å². The van der Waals surface area contributed by atoms with Crippen molar-refractivity contribution in [3.63, 3.8) is 0 Å². The molecule has 0 saturated heterocycles. The molecule has 0 radical (unpaired) electrons. The zero-order valence-electron chi connectivity index (χ0n) is 16.4. The van der Waals surface area contributed by atoms with Gasteiger partial charge in [-0.05, 0) is 54.4 Å². The number of methoxy groups -OCH3 is 1. The van der Waals surface area contributed by atoms with Crippen molar-refractivity contribution in [1.29, 1.82) is 0 Å². The topological polar surface area (TPSA) is 30.5 Å². The zero-order valence-corrected chi connectivity index (χ0v) is 17.9. The quantitative estimate of drug-likeness (QED) is 0.393. The summed E-state index contributed by atoms with van der Waals surface area (Å²) in [5.74, 6) is 0.249. The van der Waals surface area contributed by atoms with Crippen LogP contribution in [-0.4, -0.2) is 13.7 Å². The Bertz CT molecular complexity index is 1010. The first kappa shape index (κ1) is 22.3. The van der Waals surface area contributed by atoms with Crippen molar-refractivity contribution in [2.24, 2.45) is 0 Å². The highest BCUT2D eigenvalue weighted by molar-refractivity contribution is 6.32. The molecule has 3 nitrogen and oxygen atoms in total. The van der Waals surface area contributed by atoms with Gasteiger partial charge in [-0.2, -0.15) is 0 Å². The molecule has 0 aromatic heterocycles. The second-order valence-electron chi connectivity index (χ2n) is 6.65. The van der Waals surface area contributed by atoms with E-state index in [2.05, 4.69) is 5.32 Å². The molecule has 30 heavy (non-hydrogen) atoms. The van der Waals surface area contributed by atoms with Crippen LogP contribution in [0.4, 0.5) is 8.78 Å². The van der Waals surface area contributed by atoms with Crippen LogP contribution in [0.25, 0.3) is 0 Å². The number of nitrogens with one attached hydrogen (secondary N) is 1. The molecule has 1 N–H and O–H groups in total. The summed E-state index contributed by atoms with van der Waals surface area (Å²) in [6.45, 7) is 1.27. The first-order chi connectivity index (χ1) is 14.5. The third kappa shape index (κ3) is 5.85. The molecule has 0 bridgehead atoms. The Labute approximate surface area is 184 Å². The molecule has 0 fully saturated rings. The molecule has 3 aromatic rings. The lowest BCUT2D eigenvalue weighted by atomic mass is 10.1. The lowest BCUT2D eigenvalue weighted by molar-refractivity contribution is 0.284. The molecule has 3 rings (SSSR count). The molecule has 3 aromatic carbocycles. The van der Waals surface area contributed by atoms with Crippen molar-refractivity contribution >= 4 is 23.2 Å². The lowest BCUT2D eigenvalue weighted by Crippen LogP contribution is -2.17. The second kappa shape index (κ2) is 10.6. The first-order valence-corrected chi connectivity index (χ1v) is 10.1. The van der Waals surface area contributed by atoms with Crippen LogP contribution in [0, 0.1) is 11.6 Å². The Morgan fingerprint density at radius 3 is 2.47 bits per heavy atom. The summed E-state index contributed by atoms with van der Waals surface area (Å²) in [6.07, 6.45) is 0.581. The minimum atomic E-state index is -0.411. The molecular weight excluding hydrogens is 431 g/mol. The van der Waals surface area contributed by atoms with Crippen LogP contribution in [-0.2, 0) is 19.6 Å². The van der Waals surface area contributed by atoms with Crippen LogP contribution in [0.1, 0.15) is 16.7 Å². The SMILES string of the molecule is COc1cc(CNCCc2ccccc2F)cc(Cl)c1OCc1ccc(F)cc1Cl. The van der Waals surface area contributed by atoms with E-state index in [0.29, 0.717) is 47.2 Å². The van der Waals surface area contributed by atoms with E-state index in [1.807, 2.05) is 12.1 Å². The van der Waals surface area contributed by atoms with Gasteiger partial charge in [0.15, 0.2) is 11.5 Å². The fourth-order valence-electron chi connectivity index (χ4n) is 2.96. The summed E-state index contributed by atoms with van der Waals surface area (Å²) in [7, 11) is 1.53. The van der Waals surface area contributed by atoms with Gasteiger partial charge in [0, 0.05) is 12.1 Å². The van der Waals surface area contributed by atoms with Crippen molar-refractivity contribution in [1.82, 2.24) is 5.32 Å². The maximum Gasteiger partial charge on any atom is 0.180 e. The Hall–Kier alpha value is -2.34. The van der Waals surface area contributed by atoms with E-state index < -0.39 is 5.82 Å². The van der Waals surface area contributed by atoms with Gasteiger partial charge in [0.1, 0.15) is 18.2 Å². The average Bonchev–Trinajstić information content (AvgIpc) is 2.72. The monoisotopic (exact) mass is 451 g/mol. The number of hydrogen-bond acceptors (Lipinski definition) is 3. The molecule has 0 unspecified atom stereocenters. The van der Waals surface area contributed by atoms with Gasteiger partial charge < -0.3 is 14.8 Å². The summed E-state index contributed by atoms with van der Waals surface area (Å²) in [5.41, 5.74) is 2.21. The Kier molecular flexibility index (Phi) is 7.91. The van der Waals surface area contributed by atoms with Gasteiger partial charge in [-0.1, -0.05) is 47.5 Å². The van der Waals surface area contributed by atoms with Crippen LogP contribution in [0.5, 0.6) is 11.5 Å². The van der Waals surface area contributed by atoms with Gasteiger partial charge in [-0.3, -0.25) is 0 Å². The highest BCUT2D eigenvalue weighted by Gasteiger charge is 2.13. The van der Waals surface area contributed by atoms with Crippen LogP contribution in [0.2, 0.25) is 10.0 Å². The average molecular weight is 452 g/mol. The summed E-state index contributed by atoms with van der Waals surface area (Å²) in [5, 5.41) is 3.94. The van der Waals surface area contributed by atoms with Crippen molar-refractivity contribution < 1.29 is 18.3 Å². The number of ether oxygens (including phenoxy) is 2. The number of rotatable bonds is 9. The molecule has 0 aliphatic heterocycles. The van der Waals surface area contributed by atoms with Crippen molar-refractivity contribution in [2.45, 2.75) is 19.6 Å². The number of halogens is 4. The van der Waals surface area contributed by atoms with E-state index in [1.54, 1.807) is 24.3 Å². The molecule has 0 heterocycles. The highest BCUT2D eigenvalue weighted by atomic mass is 35.5. The smallest absolute Gasteiger partial charge is 0.180 e. The molecule has 158 valence electrons. The Balaban J connectivity index is 1.61. The Morgan fingerprint density at radius 2 is 1.73 bits per heavy atom. The number of hydrogen-bond donors (Lipinski definition) is 1. The maximum atomic E-state index is 13.7. The summed E-state index contributed by atoms with van der Waals surface area (Å²) >= 11 is 12.4. The molecule has 0 aliphatic rings. The fourth-order valence-corrected chi connectivity index (χ4v) is 3.47. The van der Waals surface area contributed by atoms with E-state index in [0.717, 1.165) is 5.56 Å². The van der Waals surface area contributed by atoms with E-state index in [9.17, 15) is 8.78 Å². The predicted octanol–water partition coefficient (Wildman–Crippen LogP) is 6.19. The molecule has 0 amide bonds. The van der Waals surface area contributed by atoms with Gasteiger partial charge in [0.25, 0.3) is 0 Å². The molecule has 0 atom stereocenters. The Morgan fingerprint density at radius 1 is 0.933 bits per heavy atom. The third-order valence-corrected chi connectivity index (χ3v) is 5.17. The van der Waals surface area contributed by atoms with Gasteiger partial charge in [-0.25, -0.2) is 8.78 Å². The van der Waals surface area contributed by atoms with Crippen LogP contribution in [0.3, 0.4) is 0 Å². The van der Waals surface area contributed by atoms with Crippen LogP contribution in [0.15, 0.2) is 54.6 Å². The lowest BCUT2D eigenvalue weighted by Gasteiger charge is -2.15. The van der Waals surface area contributed by atoms with E-state index in [-0.39, 0.29) is 17.4 Å². The maximum absolute atomic E-state index is 13.7. The first-order valence-electron chi connectivity index (χ1n) is 9.35. The van der Waals surface area contributed by atoms with Gasteiger partial charge in [0.05, 0.1) is 17.2 Å². The van der Waals surface area contributed by atoms with Gasteiger partial charge in [0.2, 0.25) is 0 Å². The summed E-state index contributed by atoms with van der Waals surface area (Å²) in [4.78, 5) is 0. The van der Waals surface area contributed by atoms with E-state index >= 15 is 0 Å². The minimum absolute atomic E-state index is 0.120. The van der Waals surface area contributed by atoms with Crippen LogP contribution < -0.4 is 14.8 Å². The predicted molar refractivity (Wildman–Crippen MR) is 116 cm³/mol. The van der Waals surface area contributed by atoms with Gasteiger partial charge in [-0.15, -0.1) is 0 Å². The normalized spacial score (nSPS) is 10.8. The van der Waals surface area contributed by atoms with Crippen molar-refractivity contribution in [3.8, 4) is 11.5 Å². The summed E-state index contributed by atoms with van der Waals surface area (Å²) < 4.78 is 38.1. The molecule has 0 aliphatic carbocycles. The zero-order chi connectivity index (χ0) is 21.5. The van der Waals surface area contributed by atoms with Crippen molar-refractivity contribution in [2.75, 3.05) is 13.7 Å². The minimum Gasteiger partial charge on any atom is -0.493 e. The molecular formula is C23H21Cl2F2NO2.